The Bertz CT molecular complexity index is 217. The minimum atomic E-state index is -5.58. The van der Waals surface area contributed by atoms with Gasteiger partial charge in [-0.1, -0.05) is 0 Å². The molecule has 0 heterocycles. The van der Waals surface area contributed by atoms with Crippen molar-refractivity contribution in [3.63, 3.8) is 0 Å². The van der Waals surface area contributed by atoms with Gasteiger partial charge in [0.2, 0.25) is 5.83 Å². The molecule has 0 unspecified atom stereocenters. The summed E-state index contributed by atoms with van der Waals surface area (Å²) in [5.41, 5.74) is 0. The van der Waals surface area contributed by atoms with Gasteiger partial charge in [0.1, 0.15) is 0 Å². The summed E-state index contributed by atoms with van der Waals surface area (Å²) >= 11 is 4.36. The molecule has 0 aliphatic rings. The van der Waals surface area contributed by atoms with Gasteiger partial charge < -0.3 is 0 Å². The molecule has 78 valence electrons. The van der Waals surface area contributed by atoms with Crippen LogP contribution in [0.5, 0.6) is 0 Å². The van der Waals surface area contributed by atoms with E-state index in [2.05, 4.69) is 11.6 Å². The van der Waals surface area contributed by atoms with Gasteiger partial charge in [-0.2, -0.15) is 30.7 Å². The van der Waals surface area contributed by atoms with Crippen molar-refractivity contribution in [2.75, 3.05) is 5.88 Å². The van der Waals surface area contributed by atoms with Gasteiger partial charge in [-0.05, 0) is 0 Å². The third-order valence-corrected chi connectivity index (χ3v) is 1.40. The van der Waals surface area contributed by atoms with Crippen LogP contribution in [-0.4, -0.2) is 17.7 Å². The lowest BCUT2D eigenvalue weighted by atomic mass is 10.2. The molecular weight excluding hydrogens is 228 g/mol. The predicted molar refractivity (Wildman–Crippen MR) is 31.0 cm³/mol. The molecule has 0 nitrogen and oxygen atoms in total. The highest BCUT2D eigenvalue weighted by molar-refractivity contribution is 6.18. The number of hydrogen-bond donors (Lipinski definition) is 0. The Morgan fingerprint density at radius 3 is 1.62 bits per heavy atom. The van der Waals surface area contributed by atoms with E-state index in [-0.39, 0.29) is 0 Å². The second-order valence-corrected chi connectivity index (χ2v) is 2.25. The third-order valence-electron chi connectivity index (χ3n) is 1.07. The standard InChI is InChI=1S/C5H2ClF7/c6-1-4(10,11)5(12,13)2(7)3(8)9/h1H2. The molecule has 0 amide bonds. The van der Waals surface area contributed by atoms with Gasteiger partial charge in [-0.3, -0.25) is 0 Å². The minimum absolute atomic E-state index is 1.96. The van der Waals surface area contributed by atoms with Crippen molar-refractivity contribution in [1.29, 1.82) is 0 Å². The first-order valence-electron chi connectivity index (χ1n) is 2.69. The van der Waals surface area contributed by atoms with Gasteiger partial charge in [-0.25, -0.2) is 0 Å². The van der Waals surface area contributed by atoms with E-state index in [0.717, 1.165) is 0 Å². The highest BCUT2D eigenvalue weighted by atomic mass is 35.5. The molecule has 0 saturated heterocycles. The normalized spacial score (nSPS) is 12.9. The number of rotatable bonds is 3. The second kappa shape index (κ2) is 3.73. The quantitative estimate of drug-likeness (QED) is 0.514. The van der Waals surface area contributed by atoms with Crippen molar-refractivity contribution in [3.05, 3.63) is 11.9 Å². The summed E-state index contributed by atoms with van der Waals surface area (Å²) in [5.74, 6) is -16.0. The van der Waals surface area contributed by atoms with Gasteiger partial charge in [0.15, 0.2) is 0 Å². The SMILES string of the molecule is FC(F)=C(F)C(F)(F)C(F)(F)CCl. The topological polar surface area (TPSA) is 0 Å². The largest absolute Gasteiger partial charge is 0.367 e. The van der Waals surface area contributed by atoms with E-state index in [0.29, 0.717) is 0 Å². The van der Waals surface area contributed by atoms with Gasteiger partial charge >= 0.3 is 17.9 Å². The van der Waals surface area contributed by atoms with Crippen molar-refractivity contribution in [1.82, 2.24) is 0 Å². The van der Waals surface area contributed by atoms with Crippen molar-refractivity contribution in [3.8, 4) is 0 Å². The van der Waals surface area contributed by atoms with E-state index >= 15 is 0 Å². The molecule has 13 heavy (non-hydrogen) atoms. The Labute approximate surface area is 73.0 Å². The summed E-state index contributed by atoms with van der Waals surface area (Å²) in [7, 11) is 0. The van der Waals surface area contributed by atoms with Gasteiger partial charge in [0.25, 0.3) is 0 Å². The second-order valence-electron chi connectivity index (χ2n) is 1.99. The molecular formula is C5H2ClF7. The Morgan fingerprint density at radius 2 is 1.38 bits per heavy atom. The first-order chi connectivity index (χ1) is 5.66. The summed E-state index contributed by atoms with van der Waals surface area (Å²) < 4.78 is 82.6. The minimum Gasteiger partial charge on any atom is -0.199 e. The van der Waals surface area contributed by atoms with Gasteiger partial charge in [-0.15, -0.1) is 11.6 Å². The third kappa shape index (κ3) is 2.26. The summed E-state index contributed by atoms with van der Waals surface area (Å²) in [6.45, 7) is 0. The Kier molecular flexibility index (Phi) is 3.60. The van der Waals surface area contributed by atoms with Crippen LogP contribution in [0.15, 0.2) is 11.9 Å². The smallest absolute Gasteiger partial charge is 0.199 e. The number of hydrogen-bond acceptors (Lipinski definition) is 0. The average Bonchev–Trinajstić information content (AvgIpc) is 2.02. The van der Waals surface area contributed by atoms with Crippen LogP contribution in [0.25, 0.3) is 0 Å². The summed E-state index contributed by atoms with van der Waals surface area (Å²) in [6, 6.07) is 0. The van der Waals surface area contributed by atoms with Gasteiger partial charge in [0.05, 0.1) is 5.88 Å². The van der Waals surface area contributed by atoms with Crippen molar-refractivity contribution >= 4 is 11.6 Å². The molecule has 0 N–H and O–H groups in total. The lowest BCUT2D eigenvalue weighted by Gasteiger charge is -2.22. The summed E-state index contributed by atoms with van der Waals surface area (Å²) in [4.78, 5) is 0. The molecule has 0 saturated carbocycles. The molecule has 8 heteroatoms. The van der Waals surface area contributed by atoms with Crippen LogP contribution in [0.2, 0.25) is 0 Å². The van der Waals surface area contributed by atoms with Gasteiger partial charge in [0, 0.05) is 0 Å². The molecule has 0 bridgehead atoms. The van der Waals surface area contributed by atoms with E-state index in [1.165, 1.54) is 0 Å². The van der Waals surface area contributed by atoms with Crippen LogP contribution >= 0.6 is 11.6 Å². The monoisotopic (exact) mass is 230 g/mol. The fraction of sp³-hybridized carbons (Fsp3) is 0.600. The van der Waals surface area contributed by atoms with Crippen LogP contribution in [0.3, 0.4) is 0 Å². The molecule has 0 aromatic heterocycles. The lowest BCUT2D eigenvalue weighted by molar-refractivity contribution is -0.183. The van der Waals surface area contributed by atoms with Crippen LogP contribution in [0.4, 0.5) is 30.7 Å². The van der Waals surface area contributed by atoms with E-state index in [9.17, 15) is 30.7 Å². The number of allylic oxidation sites excluding steroid dienone is 1. The Morgan fingerprint density at radius 1 is 1.00 bits per heavy atom. The zero-order valence-corrected chi connectivity index (χ0v) is 6.49. The molecule has 0 fully saturated rings. The maximum absolute atomic E-state index is 12.1. The molecule has 0 radical (unpaired) electrons. The van der Waals surface area contributed by atoms with Crippen LogP contribution < -0.4 is 0 Å². The first-order valence-corrected chi connectivity index (χ1v) is 3.23. The first kappa shape index (κ1) is 12.5. The average molecular weight is 231 g/mol. The molecule has 0 aromatic rings. The zero-order chi connectivity index (χ0) is 10.9. The number of halogens is 8. The Balaban J connectivity index is 5.09. The fourth-order valence-corrected chi connectivity index (χ4v) is 0.531. The maximum atomic E-state index is 12.1. The lowest BCUT2D eigenvalue weighted by Crippen LogP contribution is -2.42. The van der Waals surface area contributed by atoms with E-state index in [1.54, 1.807) is 0 Å². The molecule has 0 aliphatic heterocycles. The number of alkyl halides is 5. The maximum Gasteiger partial charge on any atom is 0.367 e. The fourth-order valence-electron chi connectivity index (χ4n) is 0.363. The summed E-state index contributed by atoms with van der Waals surface area (Å²) in [5, 5.41) is 0. The Hall–Kier alpha value is -0.460. The van der Waals surface area contributed by atoms with Crippen LogP contribution in [0, 0.1) is 0 Å². The van der Waals surface area contributed by atoms with Crippen molar-refractivity contribution < 1.29 is 30.7 Å². The predicted octanol–water partition coefficient (Wildman–Crippen LogP) is 3.57. The molecule has 0 aromatic carbocycles. The van der Waals surface area contributed by atoms with Crippen molar-refractivity contribution in [2.45, 2.75) is 11.8 Å². The van der Waals surface area contributed by atoms with E-state index in [4.69, 9.17) is 0 Å². The van der Waals surface area contributed by atoms with E-state index < -0.39 is 29.6 Å². The molecule has 0 spiro atoms. The van der Waals surface area contributed by atoms with Crippen molar-refractivity contribution in [2.24, 2.45) is 0 Å². The molecule has 0 aliphatic carbocycles. The highest BCUT2D eigenvalue weighted by Crippen LogP contribution is 2.42. The molecule has 0 rings (SSSR count). The molecule has 0 atom stereocenters. The van der Waals surface area contributed by atoms with Crippen LogP contribution in [-0.2, 0) is 0 Å². The summed E-state index contributed by atoms with van der Waals surface area (Å²) in [6.07, 6.45) is -3.49. The van der Waals surface area contributed by atoms with E-state index in [1.807, 2.05) is 0 Å². The zero-order valence-electron chi connectivity index (χ0n) is 5.73. The van der Waals surface area contributed by atoms with Crippen LogP contribution in [0.1, 0.15) is 0 Å². The highest BCUT2D eigenvalue weighted by Gasteiger charge is 2.60.